The summed E-state index contributed by atoms with van der Waals surface area (Å²) in [6, 6.07) is 11.1. The zero-order valence-electron chi connectivity index (χ0n) is 13.0. The molecule has 0 saturated carbocycles. The van der Waals surface area contributed by atoms with Gasteiger partial charge in [0, 0.05) is 17.3 Å². The van der Waals surface area contributed by atoms with E-state index in [4.69, 9.17) is 4.74 Å². The number of hydrogen-bond acceptors (Lipinski definition) is 2. The van der Waals surface area contributed by atoms with Crippen LogP contribution < -0.4 is 10.1 Å². The zero-order valence-corrected chi connectivity index (χ0v) is 13.0. The van der Waals surface area contributed by atoms with Crippen molar-refractivity contribution in [2.24, 2.45) is 0 Å². The molecule has 0 bridgehead atoms. The number of methoxy groups -OCH3 is 1. The molecule has 0 amide bonds. The second-order valence-corrected chi connectivity index (χ2v) is 5.43. The van der Waals surface area contributed by atoms with Crippen LogP contribution in [-0.4, -0.2) is 13.2 Å². The molecule has 3 heteroatoms. The predicted molar refractivity (Wildman–Crippen MR) is 85.7 cm³/mol. The molecule has 2 aromatic carbocycles. The Kier molecular flexibility index (Phi) is 4.84. The minimum absolute atomic E-state index is 0.132. The van der Waals surface area contributed by atoms with Crippen LogP contribution >= 0.6 is 0 Å². The minimum atomic E-state index is -0.149. The average molecular weight is 287 g/mol. The molecule has 0 aliphatic carbocycles. The number of aryl methyl sites for hydroxylation is 1. The maximum Gasteiger partial charge on any atom is 0.126 e. The summed E-state index contributed by atoms with van der Waals surface area (Å²) in [5.41, 5.74) is 3.95. The van der Waals surface area contributed by atoms with Crippen molar-refractivity contribution in [3.05, 3.63) is 58.9 Å². The van der Waals surface area contributed by atoms with E-state index in [1.807, 2.05) is 38.1 Å². The third-order valence-electron chi connectivity index (χ3n) is 3.69. The van der Waals surface area contributed by atoms with Gasteiger partial charge >= 0.3 is 0 Å². The van der Waals surface area contributed by atoms with Crippen molar-refractivity contribution >= 4 is 5.69 Å². The van der Waals surface area contributed by atoms with E-state index in [1.54, 1.807) is 13.2 Å². The van der Waals surface area contributed by atoms with Crippen LogP contribution in [0.1, 0.15) is 23.6 Å². The second kappa shape index (κ2) is 6.61. The van der Waals surface area contributed by atoms with Crippen molar-refractivity contribution in [2.45, 2.75) is 33.2 Å². The molecule has 1 N–H and O–H groups in total. The topological polar surface area (TPSA) is 21.3 Å². The lowest BCUT2D eigenvalue weighted by Gasteiger charge is -2.19. The first-order valence-electron chi connectivity index (χ1n) is 7.17. The molecule has 0 aliphatic heterocycles. The van der Waals surface area contributed by atoms with E-state index in [1.165, 1.54) is 6.07 Å². The van der Waals surface area contributed by atoms with Crippen LogP contribution in [0.2, 0.25) is 0 Å². The molecule has 112 valence electrons. The zero-order chi connectivity index (χ0) is 15.4. The van der Waals surface area contributed by atoms with Crippen LogP contribution in [0.15, 0.2) is 36.4 Å². The normalized spacial score (nSPS) is 12.0. The third kappa shape index (κ3) is 3.54. The SMILES string of the molecule is COc1c(C)ccc(NC(C)Cc2ccccc2F)c1C. The number of ether oxygens (including phenoxy) is 1. The summed E-state index contributed by atoms with van der Waals surface area (Å²) in [5, 5.41) is 3.44. The molecule has 2 nitrogen and oxygen atoms in total. The van der Waals surface area contributed by atoms with Gasteiger partial charge in [-0.2, -0.15) is 0 Å². The predicted octanol–water partition coefficient (Wildman–Crippen LogP) is 4.49. The van der Waals surface area contributed by atoms with Crippen LogP contribution in [0.5, 0.6) is 5.75 Å². The number of anilines is 1. The van der Waals surface area contributed by atoms with E-state index in [2.05, 4.69) is 12.2 Å². The fourth-order valence-electron chi connectivity index (χ4n) is 2.61. The Balaban J connectivity index is 2.13. The molecule has 0 aromatic heterocycles. The van der Waals surface area contributed by atoms with E-state index in [0.717, 1.165) is 28.1 Å². The molecule has 2 rings (SSSR count). The van der Waals surface area contributed by atoms with Crippen LogP contribution in [0.25, 0.3) is 0 Å². The highest BCUT2D eigenvalue weighted by Crippen LogP contribution is 2.29. The molecule has 0 spiro atoms. The number of hydrogen-bond donors (Lipinski definition) is 1. The van der Waals surface area contributed by atoms with Crippen molar-refractivity contribution in [3.8, 4) is 5.75 Å². The van der Waals surface area contributed by atoms with Crippen LogP contribution in [0.3, 0.4) is 0 Å². The molecule has 21 heavy (non-hydrogen) atoms. The highest BCUT2D eigenvalue weighted by Gasteiger charge is 2.11. The highest BCUT2D eigenvalue weighted by atomic mass is 19.1. The minimum Gasteiger partial charge on any atom is -0.496 e. The van der Waals surface area contributed by atoms with E-state index < -0.39 is 0 Å². The summed E-state index contributed by atoms with van der Waals surface area (Å²) in [5.74, 6) is 0.752. The van der Waals surface area contributed by atoms with Crippen LogP contribution in [-0.2, 0) is 6.42 Å². The first kappa shape index (κ1) is 15.4. The van der Waals surface area contributed by atoms with Gasteiger partial charge < -0.3 is 10.1 Å². The first-order valence-corrected chi connectivity index (χ1v) is 7.17. The summed E-state index contributed by atoms with van der Waals surface area (Å²) in [6.45, 7) is 6.11. The highest BCUT2D eigenvalue weighted by molar-refractivity contribution is 5.60. The van der Waals surface area contributed by atoms with Gasteiger partial charge in [-0.1, -0.05) is 24.3 Å². The fourth-order valence-corrected chi connectivity index (χ4v) is 2.61. The van der Waals surface area contributed by atoms with Gasteiger partial charge in [0.2, 0.25) is 0 Å². The summed E-state index contributed by atoms with van der Waals surface area (Å²) in [7, 11) is 1.68. The van der Waals surface area contributed by atoms with Crippen LogP contribution in [0, 0.1) is 19.7 Å². The molecular weight excluding hydrogens is 265 g/mol. The summed E-state index contributed by atoms with van der Waals surface area (Å²) in [6.07, 6.45) is 0.641. The standard InChI is InChI=1S/C18H22FNO/c1-12-9-10-17(14(3)18(12)21-4)20-13(2)11-15-7-5-6-8-16(15)19/h5-10,13,20H,11H2,1-4H3. The molecule has 0 fully saturated rings. The van der Waals surface area contributed by atoms with Crippen molar-refractivity contribution in [2.75, 3.05) is 12.4 Å². The Morgan fingerprint density at radius 3 is 2.52 bits per heavy atom. The second-order valence-electron chi connectivity index (χ2n) is 5.43. The van der Waals surface area contributed by atoms with Crippen molar-refractivity contribution < 1.29 is 9.13 Å². The maximum atomic E-state index is 13.7. The molecule has 0 aliphatic rings. The molecule has 0 radical (unpaired) electrons. The van der Waals surface area contributed by atoms with E-state index in [0.29, 0.717) is 6.42 Å². The smallest absolute Gasteiger partial charge is 0.126 e. The summed E-state index contributed by atoms with van der Waals surface area (Å²) < 4.78 is 19.1. The lowest BCUT2D eigenvalue weighted by atomic mass is 10.0. The molecular formula is C18H22FNO. The average Bonchev–Trinajstić information content (AvgIpc) is 2.45. The Hall–Kier alpha value is -2.03. The van der Waals surface area contributed by atoms with Gasteiger partial charge in [0.25, 0.3) is 0 Å². The molecule has 1 atom stereocenters. The Labute approximate surface area is 126 Å². The summed E-state index contributed by atoms with van der Waals surface area (Å²) >= 11 is 0. The number of nitrogens with one attached hydrogen (secondary N) is 1. The monoisotopic (exact) mass is 287 g/mol. The van der Waals surface area contributed by atoms with Gasteiger partial charge in [-0.3, -0.25) is 0 Å². The Morgan fingerprint density at radius 1 is 1.14 bits per heavy atom. The van der Waals surface area contributed by atoms with Crippen molar-refractivity contribution in [1.82, 2.24) is 0 Å². The van der Waals surface area contributed by atoms with E-state index >= 15 is 0 Å². The fraction of sp³-hybridized carbons (Fsp3) is 0.333. The van der Waals surface area contributed by atoms with E-state index in [9.17, 15) is 4.39 Å². The molecule has 0 saturated heterocycles. The number of benzene rings is 2. The van der Waals surface area contributed by atoms with Gasteiger partial charge in [-0.25, -0.2) is 4.39 Å². The van der Waals surface area contributed by atoms with Crippen LogP contribution in [0.4, 0.5) is 10.1 Å². The number of rotatable bonds is 5. The third-order valence-corrected chi connectivity index (χ3v) is 3.69. The largest absolute Gasteiger partial charge is 0.496 e. The van der Waals surface area contributed by atoms with Crippen molar-refractivity contribution in [1.29, 1.82) is 0 Å². The molecule has 0 heterocycles. The van der Waals surface area contributed by atoms with Crippen molar-refractivity contribution in [3.63, 3.8) is 0 Å². The maximum absolute atomic E-state index is 13.7. The lowest BCUT2D eigenvalue weighted by Crippen LogP contribution is -2.19. The number of halogens is 1. The van der Waals surface area contributed by atoms with Gasteiger partial charge in [-0.05, 0) is 50.5 Å². The molecule has 1 unspecified atom stereocenters. The summed E-state index contributed by atoms with van der Waals surface area (Å²) in [4.78, 5) is 0. The van der Waals surface area contributed by atoms with Gasteiger partial charge in [0.1, 0.15) is 11.6 Å². The first-order chi connectivity index (χ1) is 10.0. The Morgan fingerprint density at radius 2 is 1.86 bits per heavy atom. The van der Waals surface area contributed by atoms with Gasteiger partial charge in [0.15, 0.2) is 0 Å². The lowest BCUT2D eigenvalue weighted by molar-refractivity contribution is 0.409. The Bertz CT molecular complexity index is 625. The quantitative estimate of drug-likeness (QED) is 0.874. The molecule has 2 aromatic rings. The van der Waals surface area contributed by atoms with Gasteiger partial charge in [0.05, 0.1) is 7.11 Å². The van der Waals surface area contributed by atoms with E-state index in [-0.39, 0.29) is 11.9 Å². The van der Waals surface area contributed by atoms with Gasteiger partial charge in [-0.15, -0.1) is 0 Å².